The second kappa shape index (κ2) is 5.72. The number of aliphatic hydroxyl groups excluding tert-OH is 1. The average Bonchev–Trinajstić information content (AvgIpc) is 2.25. The Morgan fingerprint density at radius 2 is 2.31 bits per heavy atom. The average molecular weight is 243 g/mol. The quantitative estimate of drug-likeness (QED) is 0.487. The van der Waals surface area contributed by atoms with Crippen molar-refractivity contribution in [3.63, 3.8) is 0 Å². The number of nitro benzene ring substituents is 1. The second-order valence-corrected chi connectivity index (χ2v) is 4.47. The Balaban J connectivity index is 2.93. The van der Waals surface area contributed by atoms with E-state index >= 15 is 0 Å². The lowest BCUT2D eigenvalue weighted by atomic mass is 10.2. The standard InChI is InChI=1S/C10H13NO4S/c1-7(12)16-6-8-5-9(11(13)14)3-4-10(8)15-2/h3-5,7,12H,6H2,1-2H3. The summed E-state index contributed by atoms with van der Waals surface area (Å²) in [5, 5.41) is 19.7. The van der Waals surface area contributed by atoms with Crippen molar-refractivity contribution < 1.29 is 14.8 Å². The topological polar surface area (TPSA) is 72.6 Å². The number of hydrogen-bond donors (Lipinski definition) is 1. The molecule has 6 heteroatoms. The number of methoxy groups -OCH3 is 1. The molecular formula is C10H13NO4S. The molecule has 0 aliphatic heterocycles. The number of aliphatic hydroxyl groups is 1. The van der Waals surface area contributed by atoms with Crippen LogP contribution >= 0.6 is 11.8 Å². The van der Waals surface area contributed by atoms with Crippen LogP contribution in [0.5, 0.6) is 5.75 Å². The fourth-order valence-electron chi connectivity index (χ4n) is 1.20. The van der Waals surface area contributed by atoms with Crippen LogP contribution in [0.4, 0.5) is 5.69 Å². The van der Waals surface area contributed by atoms with Crippen LogP contribution in [0.3, 0.4) is 0 Å². The molecule has 1 aromatic rings. The van der Waals surface area contributed by atoms with Gasteiger partial charge < -0.3 is 9.84 Å². The number of rotatable bonds is 5. The van der Waals surface area contributed by atoms with Gasteiger partial charge in [-0.25, -0.2) is 0 Å². The van der Waals surface area contributed by atoms with E-state index < -0.39 is 10.4 Å². The summed E-state index contributed by atoms with van der Waals surface area (Å²) in [5.41, 5.74) is 0.230. The van der Waals surface area contributed by atoms with Gasteiger partial charge in [0.2, 0.25) is 0 Å². The lowest BCUT2D eigenvalue weighted by Gasteiger charge is -2.09. The number of nitro groups is 1. The molecule has 0 heterocycles. The molecular weight excluding hydrogens is 230 g/mol. The molecule has 16 heavy (non-hydrogen) atoms. The van der Waals surface area contributed by atoms with Gasteiger partial charge in [-0.3, -0.25) is 10.1 Å². The smallest absolute Gasteiger partial charge is 0.270 e. The number of nitrogens with zero attached hydrogens (tertiary/aromatic N) is 1. The summed E-state index contributed by atoms with van der Waals surface area (Å²) < 4.78 is 5.09. The number of thioether (sulfide) groups is 1. The first-order valence-electron chi connectivity index (χ1n) is 4.65. The van der Waals surface area contributed by atoms with Gasteiger partial charge in [0.25, 0.3) is 5.69 Å². The van der Waals surface area contributed by atoms with Crippen LogP contribution in [0.2, 0.25) is 0 Å². The molecule has 0 aliphatic rings. The van der Waals surface area contributed by atoms with E-state index in [0.29, 0.717) is 17.1 Å². The maximum atomic E-state index is 10.6. The van der Waals surface area contributed by atoms with E-state index in [4.69, 9.17) is 9.84 Å². The fraction of sp³-hybridized carbons (Fsp3) is 0.400. The number of ether oxygens (including phenoxy) is 1. The van der Waals surface area contributed by atoms with Crippen molar-refractivity contribution in [3.05, 3.63) is 33.9 Å². The highest BCUT2D eigenvalue weighted by molar-refractivity contribution is 7.98. The highest BCUT2D eigenvalue weighted by Crippen LogP contribution is 2.28. The highest BCUT2D eigenvalue weighted by Gasteiger charge is 2.11. The van der Waals surface area contributed by atoms with Crippen molar-refractivity contribution in [2.24, 2.45) is 0 Å². The van der Waals surface area contributed by atoms with Crippen LogP contribution in [0, 0.1) is 10.1 Å². The zero-order chi connectivity index (χ0) is 12.1. The Morgan fingerprint density at radius 3 is 2.81 bits per heavy atom. The van der Waals surface area contributed by atoms with Crippen LogP contribution in [0.1, 0.15) is 12.5 Å². The second-order valence-electron chi connectivity index (χ2n) is 3.16. The minimum absolute atomic E-state index is 0.0296. The molecule has 1 aromatic carbocycles. The third kappa shape index (κ3) is 3.39. The molecule has 1 unspecified atom stereocenters. The van der Waals surface area contributed by atoms with E-state index in [1.54, 1.807) is 13.0 Å². The summed E-state index contributed by atoms with van der Waals surface area (Å²) in [6.45, 7) is 1.65. The molecule has 0 bridgehead atoms. The Morgan fingerprint density at radius 1 is 1.62 bits per heavy atom. The maximum Gasteiger partial charge on any atom is 0.270 e. The minimum Gasteiger partial charge on any atom is -0.496 e. The van der Waals surface area contributed by atoms with E-state index in [1.165, 1.54) is 31.0 Å². The summed E-state index contributed by atoms with van der Waals surface area (Å²) in [6, 6.07) is 4.43. The molecule has 0 spiro atoms. The van der Waals surface area contributed by atoms with Crippen molar-refractivity contribution in [2.75, 3.05) is 7.11 Å². The Bertz CT molecular complexity index is 381. The number of benzene rings is 1. The summed E-state index contributed by atoms with van der Waals surface area (Å²) in [6.07, 6.45) is 0. The van der Waals surface area contributed by atoms with Crippen LogP contribution in [-0.2, 0) is 5.75 Å². The summed E-state index contributed by atoms with van der Waals surface area (Å²) >= 11 is 1.29. The summed E-state index contributed by atoms with van der Waals surface area (Å²) in [4.78, 5) is 10.2. The van der Waals surface area contributed by atoms with Crippen LogP contribution in [-0.4, -0.2) is 22.6 Å². The molecule has 0 saturated carbocycles. The molecule has 0 saturated heterocycles. The van der Waals surface area contributed by atoms with Gasteiger partial charge in [-0.2, -0.15) is 0 Å². The molecule has 0 amide bonds. The Kier molecular flexibility index (Phi) is 4.57. The predicted octanol–water partition coefficient (Wildman–Crippen LogP) is 2.17. The molecule has 0 radical (unpaired) electrons. The van der Waals surface area contributed by atoms with Gasteiger partial charge in [0, 0.05) is 23.4 Å². The molecule has 1 N–H and O–H groups in total. The Hall–Kier alpha value is -1.27. The van der Waals surface area contributed by atoms with Gasteiger partial charge in [-0.1, -0.05) is 0 Å². The van der Waals surface area contributed by atoms with Gasteiger partial charge in [0.1, 0.15) is 5.75 Å². The SMILES string of the molecule is COc1ccc([N+](=O)[O-])cc1CSC(C)O. The number of hydrogen-bond acceptors (Lipinski definition) is 5. The molecule has 0 fully saturated rings. The van der Waals surface area contributed by atoms with Gasteiger partial charge >= 0.3 is 0 Å². The van der Waals surface area contributed by atoms with Gasteiger partial charge in [0.05, 0.1) is 17.5 Å². The van der Waals surface area contributed by atoms with Crippen molar-refractivity contribution in [2.45, 2.75) is 18.1 Å². The Labute approximate surface area is 97.6 Å². The fourth-order valence-corrected chi connectivity index (χ4v) is 1.85. The maximum absolute atomic E-state index is 10.6. The predicted molar refractivity (Wildman–Crippen MR) is 62.6 cm³/mol. The van der Waals surface area contributed by atoms with Gasteiger partial charge in [0.15, 0.2) is 0 Å². The first-order chi connectivity index (χ1) is 7.54. The van der Waals surface area contributed by atoms with Crippen molar-refractivity contribution in [3.8, 4) is 5.75 Å². The van der Waals surface area contributed by atoms with E-state index in [1.807, 2.05) is 0 Å². The van der Waals surface area contributed by atoms with Crippen molar-refractivity contribution >= 4 is 17.4 Å². The summed E-state index contributed by atoms with van der Waals surface area (Å²) in [7, 11) is 1.51. The molecule has 1 atom stereocenters. The first-order valence-corrected chi connectivity index (χ1v) is 5.70. The van der Waals surface area contributed by atoms with E-state index in [2.05, 4.69) is 0 Å². The number of non-ortho nitro benzene ring substituents is 1. The monoisotopic (exact) mass is 243 g/mol. The van der Waals surface area contributed by atoms with Gasteiger partial charge in [-0.15, -0.1) is 11.8 Å². The van der Waals surface area contributed by atoms with E-state index in [0.717, 1.165) is 0 Å². The zero-order valence-corrected chi connectivity index (χ0v) is 9.86. The molecule has 5 nitrogen and oxygen atoms in total. The van der Waals surface area contributed by atoms with Crippen LogP contribution < -0.4 is 4.74 Å². The molecule has 0 aliphatic carbocycles. The van der Waals surface area contributed by atoms with Crippen LogP contribution in [0.15, 0.2) is 18.2 Å². The summed E-state index contributed by atoms with van der Waals surface area (Å²) in [5.74, 6) is 1.07. The molecule has 88 valence electrons. The first kappa shape index (κ1) is 12.8. The van der Waals surface area contributed by atoms with Crippen molar-refractivity contribution in [1.29, 1.82) is 0 Å². The molecule has 0 aromatic heterocycles. The van der Waals surface area contributed by atoms with Crippen LogP contribution in [0.25, 0.3) is 0 Å². The van der Waals surface area contributed by atoms with E-state index in [-0.39, 0.29) is 5.69 Å². The third-order valence-corrected chi connectivity index (χ3v) is 2.91. The minimum atomic E-state index is -0.510. The van der Waals surface area contributed by atoms with E-state index in [9.17, 15) is 10.1 Å². The highest BCUT2D eigenvalue weighted by atomic mass is 32.2. The lowest BCUT2D eigenvalue weighted by Crippen LogP contribution is -1.97. The zero-order valence-electron chi connectivity index (χ0n) is 9.04. The van der Waals surface area contributed by atoms with Crippen molar-refractivity contribution in [1.82, 2.24) is 0 Å². The normalized spacial score (nSPS) is 12.2. The lowest BCUT2D eigenvalue weighted by molar-refractivity contribution is -0.384. The van der Waals surface area contributed by atoms with Gasteiger partial charge in [-0.05, 0) is 13.0 Å². The largest absolute Gasteiger partial charge is 0.496 e. The molecule has 1 rings (SSSR count). The third-order valence-electron chi connectivity index (χ3n) is 1.95.